The Morgan fingerprint density at radius 1 is 1.11 bits per heavy atom. The highest BCUT2D eigenvalue weighted by Crippen LogP contribution is 2.49. The lowest BCUT2D eigenvalue weighted by molar-refractivity contribution is -0.138. The van der Waals surface area contributed by atoms with Crippen molar-refractivity contribution in [1.82, 2.24) is 15.5 Å². The molecule has 5 rings (SSSR count). The van der Waals surface area contributed by atoms with E-state index in [2.05, 4.69) is 83.3 Å². The average Bonchev–Trinajstić information content (AvgIpc) is 3.34. The van der Waals surface area contributed by atoms with Gasteiger partial charge in [0.25, 0.3) is 0 Å². The summed E-state index contributed by atoms with van der Waals surface area (Å²) in [7, 11) is 0. The van der Waals surface area contributed by atoms with Crippen molar-refractivity contribution in [2.24, 2.45) is 23.7 Å². The lowest BCUT2D eigenvalue weighted by Crippen LogP contribution is -2.52. The first-order valence-corrected chi connectivity index (χ1v) is 14.1. The van der Waals surface area contributed by atoms with E-state index in [0.29, 0.717) is 30.3 Å². The number of hydrogen-bond acceptors (Lipinski definition) is 3. The quantitative estimate of drug-likeness (QED) is 0.499. The van der Waals surface area contributed by atoms with Crippen molar-refractivity contribution in [3.8, 4) is 0 Å². The second kappa shape index (κ2) is 11.1. The first-order valence-electron chi connectivity index (χ1n) is 14.1. The van der Waals surface area contributed by atoms with Crippen molar-refractivity contribution < 1.29 is 9.59 Å². The van der Waals surface area contributed by atoms with Crippen molar-refractivity contribution in [3.05, 3.63) is 54.1 Å². The summed E-state index contributed by atoms with van der Waals surface area (Å²) in [6.45, 7) is 5.77. The van der Waals surface area contributed by atoms with Crippen molar-refractivity contribution >= 4 is 17.6 Å². The molecule has 2 fully saturated rings. The predicted molar refractivity (Wildman–Crippen MR) is 145 cm³/mol. The highest BCUT2D eigenvalue weighted by molar-refractivity contribution is 5.82. The van der Waals surface area contributed by atoms with Gasteiger partial charge in [-0.1, -0.05) is 69.2 Å². The number of nitrogens with zero attached hydrogens (tertiary/aromatic N) is 1. The molecule has 1 aromatic rings. The first kappa shape index (κ1) is 24.9. The highest BCUT2D eigenvalue weighted by Gasteiger charge is 2.49. The van der Waals surface area contributed by atoms with Crippen LogP contribution in [-0.4, -0.2) is 42.0 Å². The third-order valence-corrected chi connectivity index (χ3v) is 8.67. The van der Waals surface area contributed by atoms with Gasteiger partial charge in [0.05, 0.1) is 12.0 Å². The van der Waals surface area contributed by atoms with Crippen LogP contribution in [0.4, 0.5) is 10.5 Å². The van der Waals surface area contributed by atoms with Crippen LogP contribution in [0.25, 0.3) is 0 Å². The maximum atomic E-state index is 14.2. The third-order valence-electron chi connectivity index (χ3n) is 8.67. The molecule has 36 heavy (non-hydrogen) atoms. The second-order valence-electron chi connectivity index (χ2n) is 11.5. The molecule has 0 aromatic heterocycles. The lowest BCUT2D eigenvalue weighted by Gasteiger charge is -2.44. The van der Waals surface area contributed by atoms with Crippen molar-refractivity contribution in [3.63, 3.8) is 0 Å². The topological polar surface area (TPSA) is 73.5 Å². The van der Waals surface area contributed by atoms with Gasteiger partial charge in [0.1, 0.15) is 0 Å². The molecule has 0 radical (unpaired) electrons. The molecular weight excluding hydrogens is 448 g/mol. The Morgan fingerprint density at radius 2 is 1.94 bits per heavy atom. The fourth-order valence-corrected chi connectivity index (χ4v) is 6.81. The number of carbonyl (C=O) groups excluding carboxylic acids is 2. The number of rotatable bonds is 6. The van der Waals surface area contributed by atoms with Crippen LogP contribution in [0, 0.1) is 23.7 Å². The number of para-hydroxylation sites is 1. The lowest BCUT2D eigenvalue weighted by atomic mass is 9.75. The molecule has 2 heterocycles. The predicted octanol–water partition coefficient (Wildman–Crippen LogP) is 5.41. The number of allylic oxidation sites excluding steroid dienone is 3. The molecule has 1 aromatic carbocycles. The first-order chi connectivity index (χ1) is 17.5. The average molecular weight is 491 g/mol. The number of nitrogens with one attached hydrogen (secondary N) is 3. The maximum absolute atomic E-state index is 14.2. The SMILES string of the molecule is CC(C)CCNC(=O)N[C@@H]1CCCC[C@@H]1C(=O)N1CC[C@@H]2[C@H](C3C=CC=CC3)Nc3ccccc3[C@@H]21. The minimum absolute atomic E-state index is 0.0940. The maximum Gasteiger partial charge on any atom is 0.315 e. The summed E-state index contributed by atoms with van der Waals surface area (Å²) in [6, 6.07) is 8.71. The molecule has 0 spiro atoms. The van der Waals surface area contributed by atoms with E-state index in [1.165, 1.54) is 5.56 Å². The van der Waals surface area contributed by atoms with Gasteiger partial charge in [-0.2, -0.15) is 0 Å². The third kappa shape index (κ3) is 5.18. The van der Waals surface area contributed by atoms with Crippen LogP contribution in [-0.2, 0) is 4.79 Å². The largest absolute Gasteiger partial charge is 0.381 e. The van der Waals surface area contributed by atoms with E-state index in [1.807, 2.05) is 0 Å². The zero-order valence-electron chi connectivity index (χ0n) is 21.8. The highest BCUT2D eigenvalue weighted by atomic mass is 16.2. The Bertz CT molecular complexity index is 1000. The molecule has 2 aliphatic carbocycles. The second-order valence-corrected chi connectivity index (χ2v) is 11.5. The summed E-state index contributed by atoms with van der Waals surface area (Å²) in [6.07, 6.45) is 15.7. The molecule has 4 aliphatic rings. The number of benzene rings is 1. The Kier molecular flexibility index (Phi) is 7.68. The van der Waals surface area contributed by atoms with Crippen LogP contribution in [0.1, 0.15) is 70.4 Å². The minimum Gasteiger partial charge on any atom is -0.381 e. The van der Waals surface area contributed by atoms with Gasteiger partial charge in [0.2, 0.25) is 5.91 Å². The van der Waals surface area contributed by atoms with Gasteiger partial charge in [-0.3, -0.25) is 4.79 Å². The number of likely N-dealkylation sites (tertiary alicyclic amines) is 1. The number of anilines is 1. The molecule has 6 atom stereocenters. The van der Waals surface area contributed by atoms with Gasteiger partial charge >= 0.3 is 6.03 Å². The van der Waals surface area contributed by atoms with E-state index in [9.17, 15) is 9.59 Å². The monoisotopic (exact) mass is 490 g/mol. The standard InChI is InChI=1S/C30H42N4O2/c1-20(2)16-18-31-30(36)33-26-15-9-7-13-23(26)29(35)34-19-17-24-27(21-10-4-3-5-11-21)32-25-14-8-6-12-22(25)28(24)34/h3-6,8,10,12,14,20-21,23-24,26-28,32H,7,9,11,13,15-19H2,1-2H3,(H2,31,33,36)/t21?,23-,24+,26+,27-,28-/m0/s1. The van der Waals surface area contributed by atoms with Gasteiger partial charge in [0.15, 0.2) is 0 Å². The summed E-state index contributed by atoms with van der Waals surface area (Å²) in [4.78, 5) is 28.9. The molecule has 3 N–H and O–H groups in total. The van der Waals surface area contributed by atoms with E-state index >= 15 is 0 Å². The van der Waals surface area contributed by atoms with Gasteiger partial charge in [-0.05, 0) is 49.7 Å². The molecule has 0 bridgehead atoms. The van der Waals surface area contributed by atoms with Gasteiger partial charge in [-0.15, -0.1) is 0 Å². The fourth-order valence-electron chi connectivity index (χ4n) is 6.81. The fraction of sp³-hybridized carbons (Fsp3) is 0.600. The van der Waals surface area contributed by atoms with E-state index in [1.54, 1.807) is 0 Å². The molecule has 2 aliphatic heterocycles. The molecule has 6 heteroatoms. The summed E-state index contributed by atoms with van der Waals surface area (Å²) < 4.78 is 0. The summed E-state index contributed by atoms with van der Waals surface area (Å²) in [5, 5.41) is 10.0. The van der Waals surface area contributed by atoms with Crippen molar-refractivity contribution in [2.75, 3.05) is 18.4 Å². The Balaban J connectivity index is 1.33. The van der Waals surface area contributed by atoms with Crippen molar-refractivity contribution in [2.45, 2.75) is 76.9 Å². The smallest absolute Gasteiger partial charge is 0.315 e. The molecule has 1 unspecified atom stereocenters. The number of carbonyl (C=O) groups is 2. The van der Waals surface area contributed by atoms with Crippen LogP contribution < -0.4 is 16.0 Å². The van der Waals surface area contributed by atoms with Crippen LogP contribution in [0.2, 0.25) is 0 Å². The van der Waals surface area contributed by atoms with E-state index in [0.717, 1.165) is 57.2 Å². The number of fused-ring (bicyclic) bond motifs is 3. The van der Waals surface area contributed by atoms with Crippen LogP contribution in [0.5, 0.6) is 0 Å². The minimum atomic E-state index is -0.147. The van der Waals surface area contributed by atoms with Gasteiger partial charge in [0, 0.05) is 42.7 Å². The van der Waals surface area contributed by atoms with Crippen LogP contribution >= 0.6 is 0 Å². The molecule has 6 nitrogen and oxygen atoms in total. The van der Waals surface area contributed by atoms with Crippen molar-refractivity contribution in [1.29, 1.82) is 0 Å². The molecule has 1 saturated carbocycles. The van der Waals surface area contributed by atoms with E-state index in [4.69, 9.17) is 0 Å². The summed E-state index contributed by atoms with van der Waals surface area (Å²) >= 11 is 0. The zero-order valence-corrected chi connectivity index (χ0v) is 21.8. The molecule has 3 amide bonds. The molecule has 1 saturated heterocycles. The Morgan fingerprint density at radius 3 is 2.75 bits per heavy atom. The van der Waals surface area contributed by atoms with Crippen LogP contribution in [0.3, 0.4) is 0 Å². The van der Waals surface area contributed by atoms with Gasteiger partial charge < -0.3 is 20.9 Å². The van der Waals surface area contributed by atoms with Gasteiger partial charge in [-0.25, -0.2) is 4.79 Å². The normalized spacial score (nSPS) is 30.9. The number of urea groups is 1. The van der Waals surface area contributed by atoms with E-state index in [-0.39, 0.29) is 29.9 Å². The Labute approximate surface area is 216 Å². The molecule has 194 valence electrons. The number of amides is 3. The number of hydrogen-bond donors (Lipinski definition) is 3. The van der Waals surface area contributed by atoms with Crippen LogP contribution in [0.15, 0.2) is 48.6 Å². The molecular formula is C30H42N4O2. The summed E-state index contributed by atoms with van der Waals surface area (Å²) in [5.74, 6) is 1.45. The van der Waals surface area contributed by atoms with E-state index < -0.39 is 0 Å². The Hall–Kier alpha value is -2.76. The summed E-state index contributed by atoms with van der Waals surface area (Å²) in [5.41, 5.74) is 2.40. The zero-order chi connectivity index (χ0) is 25.1.